The zero-order valence-corrected chi connectivity index (χ0v) is 15.8. The number of hydrogen-bond acceptors (Lipinski definition) is 5. The van der Waals surface area contributed by atoms with Gasteiger partial charge in [0, 0.05) is 23.7 Å². The Bertz CT molecular complexity index is 932. The molecule has 1 aromatic carbocycles. The van der Waals surface area contributed by atoms with Gasteiger partial charge in [-0.05, 0) is 34.7 Å². The Morgan fingerprint density at radius 3 is 2.52 bits per heavy atom. The second-order valence-corrected chi connectivity index (χ2v) is 6.36. The number of nitrogens with one attached hydrogen (secondary N) is 1. The number of carbonyl (C=O) groups excluding carboxylic acids is 2. The summed E-state index contributed by atoms with van der Waals surface area (Å²) in [5, 5.41) is 2.47. The van der Waals surface area contributed by atoms with Crippen molar-refractivity contribution < 1.29 is 14.3 Å². The average molecular weight is 457 g/mol. The van der Waals surface area contributed by atoms with Crippen LogP contribution in [0.2, 0.25) is 0 Å². The fraction of sp³-hybridized carbons (Fsp3) is 0.250. The van der Waals surface area contributed by atoms with Crippen LogP contribution in [0.4, 0.5) is 0 Å². The molecule has 0 atom stereocenters. The summed E-state index contributed by atoms with van der Waals surface area (Å²) in [7, 11) is 2.84. The number of aromatic nitrogens is 2. The third kappa shape index (κ3) is 4.56. The lowest BCUT2D eigenvalue weighted by atomic mass is 10.2. The molecule has 0 spiro atoms. The molecule has 2 aromatic rings. The number of nitrogens with zero attached hydrogens (tertiary/aromatic N) is 2. The summed E-state index contributed by atoms with van der Waals surface area (Å²) in [6, 6.07) is 8.19. The van der Waals surface area contributed by atoms with Gasteiger partial charge in [-0.3, -0.25) is 23.5 Å². The Kier molecular flexibility index (Phi) is 6.12. The van der Waals surface area contributed by atoms with E-state index in [1.807, 2.05) is 22.6 Å². The Morgan fingerprint density at radius 1 is 1.16 bits per heavy atom. The maximum Gasteiger partial charge on any atom is 0.330 e. The number of halogens is 1. The third-order valence-corrected chi connectivity index (χ3v) is 4.46. The van der Waals surface area contributed by atoms with Gasteiger partial charge in [-0.15, -0.1) is 0 Å². The van der Waals surface area contributed by atoms with Gasteiger partial charge in [-0.2, -0.15) is 0 Å². The minimum atomic E-state index is -0.674. The van der Waals surface area contributed by atoms with Crippen LogP contribution in [0.15, 0.2) is 39.9 Å². The van der Waals surface area contributed by atoms with Crippen molar-refractivity contribution in [2.24, 2.45) is 14.1 Å². The molecule has 0 saturated heterocycles. The van der Waals surface area contributed by atoms with Gasteiger partial charge in [0.25, 0.3) is 11.5 Å². The van der Waals surface area contributed by atoms with Crippen LogP contribution in [-0.2, 0) is 30.2 Å². The second kappa shape index (κ2) is 8.10. The Hall–Kier alpha value is -2.43. The van der Waals surface area contributed by atoms with Crippen molar-refractivity contribution in [3.63, 3.8) is 0 Å². The highest BCUT2D eigenvalue weighted by Crippen LogP contribution is 2.10. The predicted octanol–water partition coefficient (Wildman–Crippen LogP) is 0.162. The van der Waals surface area contributed by atoms with Crippen LogP contribution in [0.25, 0.3) is 0 Å². The fourth-order valence-corrected chi connectivity index (χ4v) is 2.65. The molecular weight excluding hydrogens is 441 g/mol. The summed E-state index contributed by atoms with van der Waals surface area (Å²) >= 11 is 2.03. The van der Waals surface area contributed by atoms with Crippen molar-refractivity contribution in [1.82, 2.24) is 14.5 Å². The van der Waals surface area contributed by atoms with Gasteiger partial charge >= 0.3 is 11.7 Å². The highest BCUT2D eigenvalue weighted by atomic mass is 127. The standard InChI is InChI=1S/C16H16IN3O5/c1-19-10(7-13(21)20(2)16(19)24)9-25-14(22)8-18-15(23)11-5-3-4-6-12(11)17/h3-7H,8-9H2,1-2H3,(H,18,23). The van der Waals surface area contributed by atoms with E-state index in [-0.39, 0.29) is 24.8 Å². The Balaban J connectivity index is 1.94. The number of esters is 1. The molecular formula is C16H16IN3O5. The van der Waals surface area contributed by atoms with Gasteiger partial charge in [-0.25, -0.2) is 4.79 Å². The lowest BCUT2D eigenvalue weighted by Crippen LogP contribution is -2.38. The topological polar surface area (TPSA) is 99.4 Å². The van der Waals surface area contributed by atoms with E-state index in [1.54, 1.807) is 24.3 Å². The molecule has 0 radical (unpaired) electrons. The van der Waals surface area contributed by atoms with Gasteiger partial charge in [0.15, 0.2) is 0 Å². The minimum Gasteiger partial charge on any atom is -0.458 e. The Labute approximate surface area is 156 Å². The maximum absolute atomic E-state index is 12.0. The maximum atomic E-state index is 12.0. The summed E-state index contributed by atoms with van der Waals surface area (Å²) in [6.45, 7) is -0.554. The summed E-state index contributed by atoms with van der Waals surface area (Å²) < 4.78 is 7.95. The van der Waals surface area contributed by atoms with Crippen molar-refractivity contribution in [2.45, 2.75) is 6.61 Å². The minimum absolute atomic E-state index is 0.237. The fourth-order valence-electron chi connectivity index (χ4n) is 2.02. The molecule has 0 fully saturated rings. The quantitative estimate of drug-likeness (QED) is 0.510. The number of amides is 1. The summed E-state index contributed by atoms with van der Waals surface area (Å²) in [5.41, 5.74) is -0.262. The molecule has 0 aliphatic carbocycles. The second-order valence-electron chi connectivity index (χ2n) is 5.20. The first-order valence-corrected chi connectivity index (χ1v) is 8.33. The average Bonchev–Trinajstić information content (AvgIpc) is 2.60. The molecule has 1 N–H and O–H groups in total. The van der Waals surface area contributed by atoms with E-state index >= 15 is 0 Å². The molecule has 1 heterocycles. The van der Waals surface area contributed by atoms with Crippen molar-refractivity contribution >= 4 is 34.5 Å². The molecule has 132 valence electrons. The molecule has 8 nitrogen and oxygen atoms in total. The van der Waals surface area contributed by atoms with E-state index in [4.69, 9.17) is 4.74 Å². The first kappa shape index (κ1) is 18.9. The van der Waals surface area contributed by atoms with Crippen molar-refractivity contribution in [1.29, 1.82) is 0 Å². The monoisotopic (exact) mass is 457 g/mol. The predicted molar refractivity (Wildman–Crippen MR) is 98.2 cm³/mol. The first-order valence-electron chi connectivity index (χ1n) is 7.25. The first-order chi connectivity index (χ1) is 11.8. The van der Waals surface area contributed by atoms with E-state index in [0.29, 0.717) is 5.56 Å². The molecule has 2 rings (SSSR count). The van der Waals surface area contributed by atoms with E-state index in [0.717, 1.165) is 8.14 Å². The summed E-state index contributed by atoms with van der Waals surface area (Å²) in [5.74, 6) is -1.06. The molecule has 0 aliphatic rings. The highest BCUT2D eigenvalue weighted by molar-refractivity contribution is 14.1. The van der Waals surface area contributed by atoms with Crippen molar-refractivity contribution in [2.75, 3.05) is 6.54 Å². The zero-order chi connectivity index (χ0) is 18.6. The van der Waals surface area contributed by atoms with E-state index in [9.17, 15) is 19.2 Å². The van der Waals surface area contributed by atoms with Crippen LogP contribution in [0.1, 0.15) is 16.1 Å². The van der Waals surface area contributed by atoms with E-state index in [1.165, 1.54) is 24.7 Å². The lowest BCUT2D eigenvalue weighted by Gasteiger charge is -2.10. The van der Waals surface area contributed by atoms with Crippen LogP contribution in [0.3, 0.4) is 0 Å². The molecule has 1 amide bonds. The number of ether oxygens (including phenoxy) is 1. The number of carbonyl (C=O) groups is 2. The molecule has 0 aliphatic heterocycles. The smallest absolute Gasteiger partial charge is 0.330 e. The molecule has 0 saturated carbocycles. The molecule has 0 bridgehead atoms. The van der Waals surface area contributed by atoms with Gasteiger partial charge in [0.05, 0.1) is 11.3 Å². The van der Waals surface area contributed by atoms with Gasteiger partial charge < -0.3 is 10.1 Å². The molecule has 0 unspecified atom stereocenters. The summed E-state index contributed by atoms with van der Waals surface area (Å²) in [4.78, 5) is 47.2. The van der Waals surface area contributed by atoms with Gasteiger partial charge in [0.2, 0.25) is 0 Å². The van der Waals surface area contributed by atoms with Crippen LogP contribution in [0.5, 0.6) is 0 Å². The van der Waals surface area contributed by atoms with Crippen LogP contribution in [0, 0.1) is 3.57 Å². The normalized spacial score (nSPS) is 10.4. The van der Waals surface area contributed by atoms with Crippen LogP contribution >= 0.6 is 22.6 Å². The molecule has 25 heavy (non-hydrogen) atoms. The lowest BCUT2D eigenvalue weighted by molar-refractivity contribution is -0.143. The number of rotatable bonds is 5. The van der Waals surface area contributed by atoms with Crippen LogP contribution in [-0.4, -0.2) is 27.6 Å². The number of hydrogen-bond donors (Lipinski definition) is 1. The Morgan fingerprint density at radius 2 is 1.84 bits per heavy atom. The SMILES string of the molecule is Cn1c(COC(=O)CNC(=O)c2ccccc2I)cc(=O)n(C)c1=O. The van der Waals surface area contributed by atoms with Crippen molar-refractivity contribution in [3.05, 3.63) is 66.0 Å². The highest BCUT2D eigenvalue weighted by Gasteiger charge is 2.12. The molecule has 1 aromatic heterocycles. The van der Waals surface area contributed by atoms with Gasteiger partial charge in [0.1, 0.15) is 13.2 Å². The number of benzene rings is 1. The largest absolute Gasteiger partial charge is 0.458 e. The van der Waals surface area contributed by atoms with Gasteiger partial charge in [-0.1, -0.05) is 12.1 Å². The third-order valence-electron chi connectivity index (χ3n) is 3.52. The van der Waals surface area contributed by atoms with Crippen LogP contribution < -0.4 is 16.6 Å². The van der Waals surface area contributed by atoms with E-state index in [2.05, 4.69) is 5.32 Å². The van der Waals surface area contributed by atoms with Crippen molar-refractivity contribution in [3.8, 4) is 0 Å². The zero-order valence-electron chi connectivity index (χ0n) is 13.6. The summed E-state index contributed by atoms with van der Waals surface area (Å²) in [6.07, 6.45) is 0. The molecule has 9 heteroatoms. The van der Waals surface area contributed by atoms with E-state index < -0.39 is 17.2 Å².